The fourth-order valence-corrected chi connectivity index (χ4v) is 2.57. The van der Waals surface area contributed by atoms with E-state index in [9.17, 15) is 13.2 Å². The van der Waals surface area contributed by atoms with Crippen molar-refractivity contribution in [2.24, 2.45) is 5.41 Å². The van der Waals surface area contributed by atoms with E-state index in [1.54, 1.807) is 0 Å². The first kappa shape index (κ1) is 15.8. The molecule has 108 valence electrons. The Morgan fingerprint density at radius 3 is 2.33 bits per heavy atom. The van der Waals surface area contributed by atoms with Crippen LogP contribution in [0.4, 0.5) is 13.2 Å². The summed E-state index contributed by atoms with van der Waals surface area (Å²) in [7, 11) is 0. The normalized spacial score (nSPS) is 27.5. The van der Waals surface area contributed by atoms with Crippen molar-refractivity contribution in [3.63, 3.8) is 0 Å². The zero-order valence-electron chi connectivity index (χ0n) is 11.8. The van der Waals surface area contributed by atoms with E-state index in [0.29, 0.717) is 18.6 Å². The summed E-state index contributed by atoms with van der Waals surface area (Å²) in [4.78, 5) is 2.22. The van der Waals surface area contributed by atoms with Crippen molar-refractivity contribution < 1.29 is 13.2 Å². The molecular formula is C13H25F3N2. The highest BCUT2D eigenvalue weighted by molar-refractivity contribution is 4.91. The molecule has 1 N–H and O–H groups in total. The van der Waals surface area contributed by atoms with Crippen LogP contribution in [0.5, 0.6) is 0 Å². The molecule has 1 rings (SSSR count). The molecule has 1 saturated heterocycles. The minimum atomic E-state index is -4.03. The second-order valence-corrected chi connectivity index (χ2v) is 6.40. The lowest BCUT2D eigenvalue weighted by Gasteiger charge is -2.46. The first-order valence-electron chi connectivity index (χ1n) is 6.64. The standard InChI is InChI=1S/C13H25F3N2/c1-10-9-18(7-5-6-13(14,15)16)11(8-17-10)12(2,3)4/h10-11,17H,5-9H2,1-4H3. The average Bonchev–Trinajstić information content (AvgIpc) is 2.13. The monoisotopic (exact) mass is 266 g/mol. The van der Waals surface area contributed by atoms with Crippen molar-refractivity contribution in [2.45, 2.75) is 58.8 Å². The Labute approximate surface area is 108 Å². The van der Waals surface area contributed by atoms with Crippen LogP contribution < -0.4 is 5.32 Å². The summed E-state index contributed by atoms with van der Waals surface area (Å²) in [6.07, 6.45) is -4.51. The van der Waals surface area contributed by atoms with Gasteiger partial charge in [0.25, 0.3) is 0 Å². The van der Waals surface area contributed by atoms with Crippen molar-refractivity contribution in [1.82, 2.24) is 10.2 Å². The Morgan fingerprint density at radius 1 is 1.22 bits per heavy atom. The number of hydrogen-bond acceptors (Lipinski definition) is 2. The average molecular weight is 266 g/mol. The molecule has 0 bridgehead atoms. The second kappa shape index (κ2) is 5.78. The van der Waals surface area contributed by atoms with E-state index in [4.69, 9.17) is 0 Å². The summed E-state index contributed by atoms with van der Waals surface area (Å²) in [6.45, 7) is 10.7. The van der Waals surface area contributed by atoms with Gasteiger partial charge in [-0.15, -0.1) is 0 Å². The Morgan fingerprint density at radius 2 is 1.83 bits per heavy atom. The summed E-state index contributed by atoms with van der Waals surface area (Å²) in [5.41, 5.74) is 0.0887. The summed E-state index contributed by atoms with van der Waals surface area (Å²) in [6, 6.07) is 0.663. The largest absolute Gasteiger partial charge is 0.389 e. The molecule has 1 fully saturated rings. The quantitative estimate of drug-likeness (QED) is 0.844. The topological polar surface area (TPSA) is 15.3 Å². The minimum absolute atomic E-state index is 0.0887. The molecule has 18 heavy (non-hydrogen) atoms. The predicted octanol–water partition coefficient (Wildman–Crippen LogP) is 3.04. The highest BCUT2D eigenvalue weighted by atomic mass is 19.4. The summed E-state index contributed by atoms with van der Waals surface area (Å²) < 4.78 is 36.6. The van der Waals surface area contributed by atoms with Gasteiger partial charge in [-0.2, -0.15) is 13.2 Å². The van der Waals surface area contributed by atoms with E-state index in [1.807, 2.05) is 0 Å². The Hall–Kier alpha value is -0.290. The molecular weight excluding hydrogens is 241 g/mol. The van der Waals surface area contributed by atoms with Crippen LogP contribution in [-0.4, -0.2) is 42.8 Å². The van der Waals surface area contributed by atoms with Crippen LogP contribution >= 0.6 is 0 Å². The van der Waals surface area contributed by atoms with Crippen molar-refractivity contribution in [3.05, 3.63) is 0 Å². The fraction of sp³-hybridized carbons (Fsp3) is 1.00. The van der Waals surface area contributed by atoms with Gasteiger partial charge in [-0.05, 0) is 25.3 Å². The molecule has 0 radical (unpaired) electrons. The fourth-order valence-electron chi connectivity index (χ4n) is 2.57. The van der Waals surface area contributed by atoms with E-state index in [2.05, 4.69) is 37.9 Å². The number of alkyl halides is 3. The molecule has 2 unspecified atom stereocenters. The summed E-state index contributed by atoms with van der Waals surface area (Å²) in [5, 5.41) is 3.41. The van der Waals surface area contributed by atoms with Gasteiger partial charge >= 0.3 is 6.18 Å². The minimum Gasteiger partial charge on any atom is -0.311 e. The zero-order chi connectivity index (χ0) is 14.0. The SMILES string of the molecule is CC1CN(CCCC(F)(F)F)C(C(C)(C)C)CN1. The van der Waals surface area contributed by atoms with Crippen LogP contribution in [0.1, 0.15) is 40.5 Å². The van der Waals surface area contributed by atoms with Gasteiger partial charge in [0.05, 0.1) is 0 Å². The maximum Gasteiger partial charge on any atom is 0.389 e. The molecule has 0 aromatic rings. The van der Waals surface area contributed by atoms with Crippen molar-refractivity contribution in [2.75, 3.05) is 19.6 Å². The molecule has 2 atom stereocenters. The van der Waals surface area contributed by atoms with Crippen LogP contribution in [0.2, 0.25) is 0 Å². The van der Waals surface area contributed by atoms with Gasteiger partial charge < -0.3 is 5.32 Å². The van der Waals surface area contributed by atoms with Gasteiger partial charge in [0.1, 0.15) is 0 Å². The maximum atomic E-state index is 12.2. The molecule has 0 spiro atoms. The van der Waals surface area contributed by atoms with Crippen LogP contribution in [0.25, 0.3) is 0 Å². The van der Waals surface area contributed by atoms with E-state index in [-0.39, 0.29) is 11.8 Å². The first-order chi connectivity index (χ1) is 8.09. The number of piperazine rings is 1. The highest BCUT2D eigenvalue weighted by Crippen LogP contribution is 2.28. The molecule has 5 heteroatoms. The number of nitrogens with zero attached hydrogens (tertiary/aromatic N) is 1. The Balaban J connectivity index is 2.52. The molecule has 2 nitrogen and oxygen atoms in total. The lowest BCUT2D eigenvalue weighted by molar-refractivity contribution is -0.136. The molecule has 0 amide bonds. The molecule has 1 heterocycles. The number of nitrogens with one attached hydrogen (secondary N) is 1. The van der Waals surface area contributed by atoms with E-state index >= 15 is 0 Å². The Bertz CT molecular complexity index is 258. The molecule has 1 aliphatic rings. The molecule has 0 aliphatic carbocycles. The van der Waals surface area contributed by atoms with Crippen molar-refractivity contribution in [3.8, 4) is 0 Å². The first-order valence-corrected chi connectivity index (χ1v) is 6.64. The number of halogens is 3. The van der Waals surface area contributed by atoms with Crippen LogP contribution in [0.15, 0.2) is 0 Å². The molecule has 0 saturated carbocycles. The van der Waals surface area contributed by atoms with Gasteiger partial charge in [0, 0.05) is 31.6 Å². The van der Waals surface area contributed by atoms with Crippen LogP contribution in [-0.2, 0) is 0 Å². The van der Waals surface area contributed by atoms with E-state index < -0.39 is 12.6 Å². The third-order valence-corrected chi connectivity index (χ3v) is 3.51. The highest BCUT2D eigenvalue weighted by Gasteiger charge is 2.35. The van der Waals surface area contributed by atoms with Crippen LogP contribution in [0, 0.1) is 5.41 Å². The van der Waals surface area contributed by atoms with Gasteiger partial charge in [0.15, 0.2) is 0 Å². The second-order valence-electron chi connectivity index (χ2n) is 6.40. The van der Waals surface area contributed by atoms with Gasteiger partial charge in [-0.1, -0.05) is 20.8 Å². The third-order valence-electron chi connectivity index (χ3n) is 3.51. The molecule has 0 aromatic carbocycles. The van der Waals surface area contributed by atoms with Crippen LogP contribution in [0.3, 0.4) is 0 Å². The lowest BCUT2D eigenvalue weighted by atomic mass is 9.84. The van der Waals surface area contributed by atoms with Gasteiger partial charge in [0.2, 0.25) is 0 Å². The smallest absolute Gasteiger partial charge is 0.311 e. The predicted molar refractivity (Wildman–Crippen MR) is 67.6 cm³/mol. The number of hydrogen-bond donors (Lipinski definition) is 1. The van der Waals surface area contributed by atoms with E-state index in [0.717, 1.165) is 13.1 Å². The summed E-state index contributed by atoms with van der Waals surface area (Å²) in [5.74, 6) is 0. The third kappa shape index (κ3) is 5.14. The van der Waals surface area contributed by atoms with Crippen molar-refractivity contribution >= 4 is 0 Å². The van der Waals surface area contributed by atoms with Gasteiger partial charge in [-0.25, -0.2) is 0 Å². The zero-order valence-corrected chi connectivity index (χ0v) is 11.8. The number of rotatable bonds is 3. The molecule has 0 aromatic heterocycles. The van der Waals surface area contributed by atoms with Gasteiger partial charge in [-0.3, -0.25) is 4.90 Å². The summed E-state index contributed by atoms with van der Waals surface area (Å²) >= 11 is 0. The maximum absolute atomic E-state index is 12.2. The van der Waals surface area contributed by atoms with E-state index in [1.165, 1.54) is 0 Å². The van der Waals surface area contributed by atoms with Crippen molar-refractivity contribution in [1.29, 1.82) is 0 Å². The molecule has 1 aliphatic heterocycles. The lowest BCUT2D eigenvalue weighted by Crippen LogP contribution is -2.59. The Kier molecular flexibility index (Phi) is 5.06.